The maximum atomic E-state index is 12.2. The van der Waals surface area contributed by atoms with Gasteiger partial charge in [-0.3, -0.25) is 4.79 Å². The fraction of sp³-hybridized carbons (Fsp3) is 0.231. The first kappa shape index (κ1) is 12.6. The zero-order valence-corrected chi connectivity index (χ0v) is 11.2. The molecule has 0 saturated carbocycles. The predicted octanol–water partition coefficient (Wildman–Crippen LogP) is 2.71. The number of nitrogens with one attached hydrogen (secondary N) is 1. The number of hydrogen-bond donors (Lipinski definition) is 1. The smallest absolute Gasteiger partial charge is 0.339 e. The molecule has 0 spiro atoms. The first-order valence-corrected chi connectivity index (χ1v) is 6.30. The third kappa shape index (κ3) is 1.97. The molecule has 2 aromatic rings. The second kappa shape index (κ2) is 4.78. The van der Waals surface area contributed by atoms with Gasteiger partial charge in [0, 0.05) is 5.69 Å². The Hall–Kier alpha value is -1.88. The number of ketones is 1. The Balaban J connectivity index is 2.48. The molecule has 0 aromatic carbocycles. The molecule has 4 nitrogen and oxygen atoms in total. The van der Waals surface area contributed by atoms with Crippen molar-refractivity contribution in [3.05, 3.63) is 44.9 Å². The summed E-state index contributed by atoms with van der Waals surface area (Å²) in [6, 6.07) is 3.59. The van der Waals surface area contributed by atoms with Crippen molar-refractivity contribution in [2.75, 3.05) is 7.11 Å². The summed E-state index contributed by atoms with van der Waals surface area (Å²) in [6.07, 6.45) is 0. The Kier molecular flexibility index (Phi) is 3.34. The molecule has 0 unspecified atom stereocenters. The van der Waals surface area contributed by atoms with Gasteiger partial charge in [-0.05, 0) is 30.9 Å². The number of esters is 1. The summed E-state index contributed by atoms with van der Waals surface area (Å²) < 4.78 is 4.71. The highest BCUT2D eigenvalue weighted by molar-refractivity contribution is 7.12. The van der Waals surface area contributed by atoms with Gasteiger partial charge < -0.3 is 9.72 Å². The number of methoxy groups -OCH3 is 1. The molecular formula is C13H13NO3S. The highest BCUT2D eigenvalue weighted by Crippen LogP contribution is 2.23. The number of thiophene rings is 1. The summed E-state index contributed by atoms with van der Waals surface area (Å²) in [7, 11) is 1.33. The van der Waals surface area contributed by atoms with Crippen LogP contribution in [-0.4, -0.2) is 23.8 Å². The van der Waals surface area contributed by atoms with Crippen molar-refractivity contribution in [2.45, 2.75) is 13.8 Å². The minimum atomic E-state index is -0.425. The summed E-state index contributed by atoms with van der Waals surface area (Å²) in [6.45, 7) is 3.50. The Labute approximate surface area is 109 Å². The first-order valence-electron chi connectivity index (χ1n) is 5.42. The normalized spacial score (nSPS) is 10.4. The highest BCUT2D eigenvalue weighted by atomic mass is 32.1. The Bertz CT molecular complexity index is 596. The van der Waals surface area contributed by atoms with Crippen LogP contribution in [0.2, 0.25) is 0 Å². The largest absolute Gasteiger partial charge is 0.465 e. The molecule has 0 fully saturated rings. The van der Waals surface area contributed by atoms with Gasteiger partial charge in [0.05, 0.1) is 23.2 Å². The number of rotatable bonds is 3. The first-order chi connectivity index (χ1) is 8.56. The number of H-pyrrole nitrogens is 1. The Morgan fingerprint density at radius 1 is 1.33 bits per heavy atom. The lowest BCUT2D eigenvalue weighted by Crippen LogP contribution is -2.05. The summed E-state index contributed by atoms with van der Waals surface area (Å²) in [5, 5.41) is 1.85. The summed E-state index contributed by atoms with van der Waals surface area (Å²) in [5.74, 6) is -0.521. The van der Waals surface area contributed by atoms with Crippen LogP contribution >= 0.6 is 11.3 Å². The van der Waals surface area contributed by atoms with E-state index in [4.69, 9.17) is 4.74 Å². The number of carbonyl (C=O) groups is 2. The van der Waals surface area contributed by atoms with Crippen LogP contribution in [0.25, 0.3) is 0 Å². The standard InChI is InChI=1S/C13H13NO3S/c1-7-10(13(16)17-3)8(2)14-11(7)12(15)9-5-4-6-18-9/h4-6,14H,1-3H3. The van der Waals surface area contributed by atoms with Crippen LogP contribution in [0.3, 0.4) is 0 Å². The second-order valence-electron chi connectivity index (χ2n) is 3.92. The molecule has 0 atom stereocenters. The molecule has 0 aliphatic heterocycles. The van der Waals surface area contributed by atoms with Crippen LogP contribution in [0.15, 0.2) is 17.5 Å². The Morgan fingerprint density at radius 3 is 2.61 bits per heavy atom. The minimum Gasteiger partial charge on any atom is -0.465 e. The van der Waals surface area contributed by atoms with E-state index in [-0.39, 0.29) is 5.78 Å². The quantitative estimate of drug-likeness (QED) is 0.684. The van der Waals surface area contributed by atoms with E-state index < -0.39 is 5.97 Å². The zero-order chi connectivity index (χ0) is 13.3. The van der Waals surface area contributed by atoms with Gasteiger partial charge >= 0.3 is 5.97 Å². The maximum absolute atomic E-state index is 12.2. The number of hydrogen-bond acceptors (Lipinski definition) is 4. The average Bonchev–Trinajstić information content (AvgIpc) is 2.96. The lowest BCUT2D eigenvalue weighted by molar-refractivity contribution is 0.0599. The van der Waals surface area contributed by atoms with Crippen molar-refractivity contribution >= 4 is 23.1 Å². The molecule has 0 aliphatic carbocycles. The van der Waals surface area contributed by atoms with E-state index in [1.807, 2.05) is 11.4 Å². The molecule has 1 N–H and O–H groups in total. The minimum absolute atomic E-state index is 0.0965. The highest BCUT2D eigenvalue weighted by Gasteiger charge is 2.23. The van der Waals surface area contributed by atoms with Gasteiger partial charge in [-0.1, -0.05) is 6.07 Å². The monoisotopic (exact) mass is 263 g/mol. The molecule has 0 saturated heterocycles. The van der Waals surface area contributed by atoms with E-state index in [9.17, 15) is 9.59 Å². The average molecular weight is 263 g/mol. The van der Waals surface area contributed by atoms with Crippen molar-refractivity contribution in [3.8, 4) is 0 Å². The lowest BCUT2D eigenvalue weighted by atomic mass is 10.1. The summed E-state index contributed by atoms with van der Waals surface area (Å²) in [4.78, 5) is 27.5. The number of aryl methyl sites for hydroxylation is 1. The lowest BCUT2D eigenvalue weighted by Gasteiger charge is -1.99. The molecule has 2 aromatic heterocycles. The zero-order valence-electron chi connectivity index (χ0n) is 10.4. The molecule has 0 aliphatic rings. The van der Waals surface area contributed by atoms with Gasteiger partial charge in [0.25, 0.3) is 0 Å². The summed E-state index contributed by atoms with van der Waals surface area (Å²) in [5.41, 5.74) is 2.18. The third-order valence-corrected chi connectivity index (χ3v) is 3.67. The van der Waals surface area contributed by atoms with Crippen molar-refractivity contribution in [1.82, 2.24) is 4.98 Å². The number of aromatic nitrogens is 1. The van der Waals surface area contributed by atoms with Crippen LogP contribution in [0.5, 0.6) is 0 Å². The molecular weight excluding hydrogens is 250 g/mol. The van der Waals surface area contributed by atoms with E-state index in [2.05, 4.69) is 4.98 Å². The van der Waals surface area contributed by atoms with Gasteiger partial charge in [0.1, 0.15) is 0 Å². The SMILES string of the molecule is COC(=O)c1c(C)[nH]c(C(=O)c2cccs2)c1C. The molecule has 2 heterocycles. The van der Waals surface area contributed by atoms with Gasteiger partial charge in [-0.2, -0.15) is 0 Å². The fourth-order valence-electron chi connectivity index (χ4n) is 1.92. The third-order valence-electron chi connectivity index (χ3n) is 2.80. The van der Waals surface area contributed by atoms with Crippen LogP contribution in [0.1, 0.15) is 37.0 Å². The molecule has 0 amide bonds. The molecule has 0 radical (unpaired) electrons. The van der Waals surface area contributed by atoms with E-state index in [0.717, 1.165) is 0 Å². The van der Waals surface area contributed by atoms with Crippen LogP contribution in [-0.2, 0) is 4.74 Å². The van der Waals surface area contributed by atoms with Crippen molar-refractivity contribution in [1.29, 1.82) is 0 Å². The maximum Gasteiger partial charge on any atom is 0.339 e. The van der Waals surface area contributed by atoms with Gasteiger partial charge in [-0.25, -0.2) is 4.79 Å². The van der Waals surface area contributed by atoms with Crippen LogP contribution < -0.4 is 0 Å². The van der Waals surface area contributed by atoms with E-state index in [1.165, 1.54) is 18.4 Å². The molecule has 2 rings (SSSR count). The van der Waals surface area contributed by atoms with Gasteiger partial charge in [0.2, 0.25) is 5.78 Å². The van der Waals surface area contributed by atoms with Gasteiger partial charge in [0.15, 0.2) is 0 Å². The molecule has 5 heteroatoms. The van der Waals surface area contributed by atoms with E-state index >= 15 is 0 Å². The number of ether oxygens (including phenoxy) is 1. The molecule has 94 valence electrons. The number of carbonyl (C=O) groups excluding carboxylic acids is 2. The molecule has 18 heavy (non-hydrogen) atoms. The number of aromatic amines is 1. The van der Waals surface area contributed by atoms with Crippen LogP contribution in [0.4, 0.5) is 0 Å². The predicted molar refractivity (Wildman–Crippen MR) is 69.4 cm³/mol. The van der Waals surface area contributed by atoms with E-state index in [0.29, 0.717) is 27.4 Å². The summed E-state index contributed by atoms with van der Waals surface area (Å²) >= 11 is 1.38. The second-order valence-corrected chi connectivity index (χ2v) is 4.87. The van der Waals surface area contributed by atoms with E-state index in [1.54, 1.807) is 19.9 Å². The molecule has 0 bridgehead atoms. The van der Waals surface area contributed by atoms with Crippen LogP contribution in [0, 0.1) is 13.8 Å². The van der Waals surface area contributed by atoms with Crippen molar-refractivity contribution in [3.63, 3.8) is 0 Å². The van der Waals surface area contributed by atoms with Crippen molar-refractivity contribution in [2.24, 2.45) is 0 Å². The van der Waals surface area contributed by atoms with Gasteiger partial charge in [-0.15, -0.1) is 11.3 Å². The van der Waals surface area contributed by atoms with Crippen molar-refractivity contribution < 1.29 is 14.3 Å². The fourth-order valence-corrected chi connectivity index (χ4v) is 2.59. The topological polar surface area (TPSA) is 59.2 Å². The Morgan fingerprint density at radius 2 is 2.06 bits per heavy atom.